The van der Waals surface area contributed by atoms with E-state index in [2.05, 4.69) is 40.0 Å². The summed E-state index contributed by atoms with van der Waals surface area (Å²) in [5, 5.41) is 5.07. The zero-order valence-electron chi connectivity index (χ0n) is 16.9. The minimum Gasteiger partial charge on any atom is -0.335 e. The standard InChI is InChI=1S/C24H25N3O2S/c28-21(27-10-6-17(7-11-27)14-20-3-1-12-30-20)5-4-18-13-19-15-24(8-2-9-24)23(29)26-22(19)25-16-18/h1,3-6,12-13,16H,2,7-11,14-15H2,(H,25,26,29). The SMILES string of the molecule is O=C(C=Cc1cnc2c(c1)CC1(CCC1)C(=O)N2)N1CC=C(Cc2cccs2)CC1. The Morgan fingerprint density at radius 1 is 1.37 bits per heavy atom. The number of amides is 2. The highest BCUT2D eigenvalue weighted by molar-refractivity contribution is 7.09. The van der Waals surface area contributed by atoms with E-state index in [0.717, 1.165) is 56.2 Å². The molecule has 30 heavy (non-hydrogen) atoms. The fraction of sp³-hybridized carbons (Fsp3) is 0.375. The van der Waals surface area contributed by atoms with Crippen LogP contribution in [0.2, 0.25) is 0 Å². The first-order valence-electron chi connectivity index (χ1n) is 10.6. The number of aromatic nitrogens is 1. The van der Waals surface area contributed by atoms with Gasteiger partial charge in [-0.1, -0.05) is 24.1 Å². The summed E-state index contributed by atoms with van der Waals surface area (Å²) < 4.78 is 0. The van der Waals surface area contributed by atoms with Crippen LogP contribution in [0.4, 0.5) is 5.82 Å². The number of pyridine rings is 1. The fourth-order valence-corrected chi connectivity index (χ4v) is 5.30. The van der Waals surface area contributed by atoms with Crippen LogP contribution in [0.1, 0.15) is 41.7 Å². The van der Waals surface area contributed by atoms with Gasteiger partial charge in [0.15, 0.2) is 0 Å². The maximum Gasteiger partial charge on any atom is 0.246 e. The third-order valence-corrected chi connectivity index (χ3v) is 7.43. The number of fused-ring (bicyclic) bond motifs is 1. The normalized spacial score (nSPS) is 19.9. The zero-order chi connectivity index (χ0) is 20.6. The molecule has 0 unspecified atom stereocenters. The minimum absolute atomic E-state index is 0.0305. The van der Waals surface area contributed by atoms with Gasteiger partial charge in [-0.25, -0.2) is 4.98 Å². The van der Waals surface area contributed by atoms with Crippen LogP contribution >= 0.6 is 11.3 Å². The predicted octanol–water partition coefficient (Wildman–Crippen LogP) is 4.22. The van der Waals surface area contributed by atoms with Gasteiger partial charge >= 0.3 is 0 Å². The molecule has 4 heterocycles. The van der Waals surface area contributed by atoms with Crippen LogP contribution in [-0.2, 0) is 22.4 Å². The summed E-state index contributed by atoms with van der Waals surface area (Å²) in [5.74, 6) is 0.812. The quantitative estimate of drug-likeness (QED) is 0.596. The summed E-state index contributed by atoms with van der Waals surface area (Å²) in [6.45, 7) is 1.43. The highest BCUT2D eigenvalue weighted by Gasteiger charge is 2.47. The van der Waals surface area contributed by atoms with Gasteiger partial charge in [0.1, 0.15) is 5.82 Å². The molecule has 2 aromatic heterocycles. The third-order valence-electron chi connectivity index (χ3n) is 6.56. The van der Waals surface area contributed by atoms with Crippen molar-refractivity contribution in [3.63, 3.8) is 0 Å². The average molecular weight is 420 g/mol. The van der Waals surface area contributed by atoms with Crippen LogP contribution in [-0.4, -0.2) is 34.8 Å². The van der Waals surface area contributed by atoms with E-state index in [1.807, 2.05) is 11.0 Å². The minimum atomic E-state index is -0.228. The topological polar surface area (TPSA) is 62.3 Å². The summed E-state index contributed by atoms with van der Waals surface area (Å²) in [4.78, 5) is 32.6. The molecule has 1 spiro atoms. The number of nitrogens with zero attached hydrogens (tertiary/aromatic N) is 2. The summed E-state index contributed by atoms with van der Waals surface area (Å²) >= 11 is 1.78. The van der Waals surface area contributed by atoms with Crippen molar-refractivity contribution in [1.82, 2.24) is 9.88 Å². The second kappa shape index (κ2) is 7.84. The largest absolute Gasteiger partial charge is 0.335 e. The lowest BCUT2D eigenvalue weighted by Crippen LogP contribution is -2.46. The number of carbonyl (C=O) groups excluding carboxylic acids is 2. The summed E-state index contributed by atoms with van der Waals surface area (Å²) in [6, 6.07) is 6.30. The first kappa shape index (κ1) is 19.2. The van der Waals surface area contributed by atoms with Crippen molar-refractivity contribution < 1.29 is 9.59 Å². The van der Waals surface area contributed by atoms with E-state index >= 15 is 0 Å². The Balaban J connectivity index is 1.22. The Morgan fingerprint density at radius 3 is 2.97 bits per heavy atom. The molecule has 1 fully saturated rings. The first-order chi connectivity index (χ1) is 14.6. The third kappa shape index (κ3) is 3.72. The molecule has 6 heteroatoms. The molecule has 2 amide bonds. The van der Waals surface area contributed by atoms with Crippen LogP contribution in [0.3, 0.4) is 0 Å². The summed E-state index contributed by atoms with van der Waals surface area (Å²) in [7, 11) is 0. The van der Waals surface area contributed by atoms with Gasteiger partial charge in [0, 0.05) is 36.7 Å². The van der Waals surface area contributed by atoms with Crippen LogP contribution in [0, 0.1) is 5.41 Å². The molecule has 5 nitrogen and oxygen atoms in total. The fourth-order valence-electron chi connectivity index (χ4n) is 4.54. The van der Waals surface area contributed by atoms with Crippen molar-refractivity contribution in [3.05, 3.63) is 63.5 Å². The van der Waals surface area contributed by atoms with Crippen LogP contribution < -0.4 is 5.32 Å². The molecule has 1 aliphatic carbocycles. The molecular formula is C24H25N3O2S. The first-order valence-corrected chi connectivity index (χ1v) is 11.5. The van der Waals surface area contributed by atoms with Gasteiger partial charge < -0.3 is 10.2 Å². The number of thiophene rings is 1. The highest BCUT2D eigenvalue weighted by Crippen LogP contribution is 2.47. The van der Waals surface area contributed by atoms with E-state index in [-0.39, 0.29) is 17.2 Å². The Hall–Kier alpha value is -2.73. The van der Waals surface area contributed by atoms with Gasteiger partial charge in [0.25, 0.3) is 0 Å². The summed E-state index contributed by atoms with van der Waals surface area (Å²) in [5.41, 5.74) is 3.16. The molecule has 0 bridgehead atoms. The lowest BCUT2D eigenvalue weighted by molar-refractivity contribution is -0.130. The number of hydrogen-bond donors (Lipinski definition) is 1. The van der Waals surface area contributed by atoms with Gasteiger partial charge in [0.05, 0.1) is 5.41 Å². The van der Waals surface area contributed by atoms with E-state index in [1.54, 1.807) is 23.6 Å². The van der Waals surface area contributed by atoms with Crippen molar-refractivity contribution in [2.75, 3.05) is 18.4 Å². The van der Waals surface area contributed by atoms with Crippen molar-refractivity contribution in [1.29, 1.82) is 0 Å². The molecule has 0 saturated heterocycles. The molecular weight excluding hydrogens is 394 g/mol. The van der Waals surface area contributed by atoms with Crippen LogP contribution in [0.25, 0.3) is 6.08 Å². The second-order valence-electron chi connectivity index (χ2n) is 8.53. The lowest BCUT2D eigenvalue weighted by atomic mass is 9.63. The van der Waals surface area contributed by atoms with Crippen molar-refractivity contribution in [2.24, 2.45) is 5.41 Å². The molecule has 2 aromatic rings. The monoisotopic (exact) mass is 419 g/mol. The Bertz CT molecular complexity index is 1030. The zero-order valence-corrected chi connectivity index (χ0v) is 17.7. The smallest absolute Gasteiger partial charge is 0.246 e. The molecule has 2 aliphatic heterocycles. The van der Waals surface area contributed by atoms with Gasteiger partial charge in [-0.2, -0.15) is 0 Å². The van der Waals surface area contributed by atoms with Crippen molar-refractivity contribution in [2.45, 2.75) is 38.5 Å². The Kier molecular flexibility index (Phi) is 5.03. The number of hydrogen-bond acceptors (Lipinski definition) is 4. The molecule has 0 atom stereocenters. The number of carbonyl (C=O) groups is 2. The molecule has 154 valence electrons. The number of nitrogens with one attached hydrogen (secondary N) is 1. The van der Waals surface area contributed by atoms with E-state index in [9.17, 15) is 9.59 Å². The highest BCUT2D eigenvalue weighted by atomic mass is 32.1. The number of anilines is 1. The van der Waals surface area contributed by atoms with Gasteiger partial charge in [-0.05, 0) is 60.4 Å². The van der Waals surface area contributed by atoms with E-state index in [1.165, 1.54) is 10.5 Å². The summed E-state index contributed by atoms with van der Waals surface area (Å²) in [6.07, 6.45) is 13.1. The number of rotatable bonds is 4. The molecule has 3 aliphatic rings. The molecule has 0 aromatic carbocycles. The second-order valence-corrected chi connectivity index (χ2v) is 9.56. The molecule has 1 N–H and O–H groups in total. The predicted molar refractivity (Wildman–Crippen MR) is 119 cm³/mol. The lowest BCUT2D eigenvalue weighted by Gasteiger charge is -2.43. The van der Waals surface area contributed by atoms with Gasteiger partial charge in [0.2, 0.25) is 11.8 Å². The van der Waals surface area contributed by atoms with E-state index in [0.29, 0.717) is 12.4 Å². The van der Waals surface area contributed by atoms with Crippen molar-refractivity contribution in [3.8, 4) is 0 Å². The van der Waals surface area contributed by atoms with E-state index in [4.69, 9.17) is 0 Å². The molecule has 1 saturated carbocycles. The van der Waals surface area contributed by atoms with Gasteiger partial charge in [-0.3, -0.25) is 9.59 Å². The maximum absolute atomic E-state index is 12.6. The maximum atomic E-state index is 12.6. The van der Waals surface area contributed by atoms with Gasteiger partial charge in [-0.15, -0.1) is 11.3 Å². The van der Waals surface area contributed by atoms with E-state index < -0.39 is 0 Å². The molecule has 0 radical (unpaired) electrons. The Labute approximate surface area is 180 Å². The Morgan fingerprint density at radius 2 is 2.27 bits per heavy atom. The molecule has 5 rings (SSSR count). The van der Waals surface area contributed by atoms with Crippen LogP contribution in [0.15, 0.2) is 47.5 Å². The van der Waals surface area contributed by atoms with Crippen LogP contribution in [0.5, 0.6) is 0 Å². The average Bonchev–Trinajstić information content (AvgIpc) is 3.24. The van der Waals surface area contributed by atoms with Crippen molar-refractivity contribution >= 4 is 35.0 Å².